The lowest BCUT2D eigenvalue weighted by atomic mass is 9.90. The van der Waals surface area contributed by atoms with Crippen LogP contribution in [0.5, 0.6) is 11.5 Å². The van der Waals surface area contributed by atoms with Crippen molar-refractivity contribution in [3.8, 4) is 11.5 Å². The van der Waals surface area contributed by atoms with Crippen molar-refractivity contribution in [2.75, 3.05) is 20.8 Å². The Morgan fingerprint density at radius 2 is 1.87 bits per heavy atom. The van der Waals surface area contributed by atoms with Crippen LogP contribution in [0.2, 0.25) is 0 Å². The highest BCUT2D eigenvalue weighted by Gasteiger charge is 2.43. The smallest absolute Gasteiger partial charge is 0.338 e. The molecule has 0 spiro atoms. The van der Waals surface area contributed by atoms with Crippen molar-refractivity contribution in [3.63, 3.8) is 0 Å². The van der Waals surface area contributed by atoms with Gasteiger partial charge in [0.1, 0.15) is 11.5 Å². The Hall–Kier alpha value is -3.72. The van der Waals surface area contributed by atoms with Crippen molar-refractivity contribution in [2.45, 2.75) is 45.7 Å². The van der Waals surface area contributed by atoms with E-state index in [1.165, 1.54) is 11.8 Å². The second kappa shape index (κ2) is 12.2. The monoisotopic (exact) mass is 535 g/mol. The van der Waals surface area contributed by atoms with Crippen molar-refractivity contribution in [2.24, 2.45) is 4.99 Å². The highest BCUT2D eigenvalue weighted by Crippen LogP contribution is 2.49. The van der Waals surface area contributed by atoms with E-state index in [-0.39, 0.29) is 25.0 Å². The minimum atomic E-state index is -0.643. The summed E-state index contributed by atoms with van der Waals surface area (Å²) in [6.45, 7) is 5.99. The van der Waals surface area contributed by atoms with E-state index in [1.807, 2.05) is 66.6 Å². The van der Waals surface area contributed by atoms with Crippen LogP contribution in [0, 0.1) is 0 Å². The summed E-state index contributed by atoms with van der Waals surface area (Å²) in [6, 6.07) is 14.5. The number of ether oxygens (including phenoxy) is 3. The van der Waals surface area contributed by atoms with Gasteiger partial charge in [-0.05, 0) is 37.8 Å². The molecule has 0 bridgehead atoms. The molecule has 0 aliphatic carbocycles. The minimum Gasteiger partial charge on any atom is -0.497 e. The molecule has 8 nitrogen and oxygen atoms in total. The summed E-state index contributed by atoms with van der Waals surface area (Å²) in [5.41, 5.74) is 3.17. The topological polar surface area (TPSA) is 89.5 Å². The first-order valence-electron chi connectivity index (χ1n) is 12.6. The fourth-order valence-electron chi connectivity index (χ4n) is 4.42. The maximum Gasteiger partial charge on any atom is 0.338 e. The first-order chi connectivity index (χ1) is 18.4. The van der Waals surface area contributed by atoms with Crippen LogP contribution < -0.4 is 14.8 Å². The molecule has 2 aromatic rings. The normalized spacial score (nSPS) is 17.3. The van der Waals surface area contributed by atoms with Gasteiger partial charge in [0.05, 0.1) is 44.6 Å². The summed E-state index contributed by atoms with van der Waals surface area (Å²) in [6.07, 6.45) is 0.972. The molecular weight excluding hydrogens is 502 g/mol. The summed E-state index contributed by atoms with van der Waals surface area (Å²) < 4.78 is 16.8. The molecule has 38 heavy (non-hydrogen) atoms. The lowest BCUT2D eigenvalue weighted by Gasteiger charge is -2.37. The fraction of sp³-hybridized carbons (Fsp3) is 0.345. The van der Waals surface area contributed by atoms with Crippen LogP contribution in [0.1, 0.15) is 50.8 Å². The van der Waals surface area contributed by atoms with Gasteiger partial charge >= 0.3 is 5.97 Å². The number of fused-ring (bicyclic) bond motifs is 1. The predicted molar refractivity (Wildman–Crippen MR) is 150 cm³/mol. The van der Waals surface area contributed by atoms with Gasteiger partial charge in [0.15, 0.2) is 5.17 Å². The molecule has 0 fully saturated rings. The van der Waals surface area contributed by atoms with E-state index >= 15 is 0 Å². The predicted octanol–water partition coefficient (Wildman–Crippen LogP) is 5.28. The standard InChI is InChI=1S/C29H33N3O5S/c1-6-18(3)30-24(33)15-20-17-38-29-31-26(19-11-9-8-10-12-19)25(28(34)37-7-2)27(32(20)29)22-14-13-21(35-4)16-23(22)36-5/h8-14,16-18,27H,6-7,15H2,1-5H3,(H,30,33)/t18-,27+/m0/s1. The number of esters is 1. The summed E-state index contributed by atoms with van der Waals surface area (Å²) in [5, 5.41) is 5.63. The van der Waals surface area contributed by atoms with Gasteiger partial charge in [-0.2, -0.15) is 0 Å². The van der Waals surface area contributed by atoms with Crippen molar-refractivity contribution < 1.29 is 23.8 Å². The second-order valence-corrected chi connectivity index (χ2v) is 9.74. The number of aliphatic imine (C=N–C) groups is 1. The number of thioether (sulfide) groups is 1. The molecule has 2 aliphatic rings. The number of amides is 1. The number of carbonyl (C=O) groups is 2. The highest BCUT2D eigenvalue weighted by atomic mass is 32.2. The Kier molecular flexibility index (Phi) is 8.78. The Labute approximate surface area is 227 Å². The molecule has 2 aromatic carbocycles. The average molecular weight is 536 g/mol. The maximum absolute atomic E-state index is 13.6. The van der Waals surface area contributed by atoms with Gasteiger partial charge < -0.3 is 24.4 Å². The molecule has 200 valence electrons. The number of benzene rings is 2. The van der Waals surface area contributed by atoms with E-state index in [1.54, 1.807) is 27.2 Å². The fourth-order valence-corrected chi connectivity index (χ4v) is 5.34. The van der Waals surface area contributed by atoms with E-state index in [0.717, 1.165) is 23.2 Å². The number of carbonyl (C=O) groups excluding carboxylic acids is 2. The maximum atomic E-state index is 13.6. The van der Waals surface area contributed by atoms with Crippen LogP contribution in [0.4, 0.5) is 0 Å². The van der Waals surface area contributed by atoms with Crippen LogP contribution in [-0.4, -0.2) is 48.8 Å². The van der Waals surface area contributed by atoms with Crippen LogP contribution in [0.25, 0.3) is 5.70 Å². The van der Waals surface area contributed by atoms with Gasteiger partial charge in [-0.1, -0.05) is 49.0 Å². The molecule has 0 saturated carbocycles. The molecule has 1 N–H and O–H groups in total. The van der Waals surface area contributed by atoms with E-state index in [4.69, 9.17) is 19.2 Å². The Balaban J connectivity index is 1.90. The van der Waals surface area contributed by atoms with Crippen LogP contribution in [0.3, 0.4) is 0 Å². The molecular formula is C29H33N3O5S. The molecule has 2 atom stereocenters. The molecule has 1 amide bonds. The van der Waals surface area contributed by atoms with Crippen molar-refractivity contribution in [1.82, 2.24) is 10.2 Å². The van der Waals surface area contributed by atoms with Crippen molar-refractivity contribution in [3.05, 3.63) is 76.3 Å². The third-order valence-electron chi connectivity index (χ3n) is 6.45. The molecule has 0 aromatic heterocycles. The quantitative estimate of drug-likeness (QED) is 0.414. The molecule has 9 heteroatoms. The summed E-state index contributed by atoms with van der Waals surface area (Å²) >= 11 is 1.43. The SMILES string of the molecule is CCOC(=O)C1=C(c2ccccc2)N=C2SC=C(CC(=O)N[C@@H](C)CC)N2[C@@H]1c1ccc(OC)cc1OC. The van der Waals surface area contributed by atoms with Gasteiger partial charge in [-0.15, -0.1) is 0 Å². The van der Waals surface area contributed by atoms with Gasteiger partial charge in [-0.3, -0.25) is 4.79 Å². The van der Waals surface area contributed by atoms with Gasteiger partial charge in [-0.25, -0.2) is 9.79 Å². The van der Waals surface area contributed by atoms with E-state index < -0.39 is 12.0 Å². The van der Waals surface area contributed by atoms with Crippen LogP contribution in [-0.2, 0) is 14.3 Å². The number of nitrogens with one attached hydrogen (secondary N) is 1. The van der Waals surface area contributed by atoms with Gasteiger partial charge in [0.2, 0.25) is 5.91 Å². The number of amidine groups is 1. The molecule has 0 radical (unpaired) electrons. The molecule has 2 aliphatic heterocycles. The lowest BCUT2D eigenvalue weighted by molar-refractivity contribution is -0.139. The number of methoxy groups -OCH3 is 2. The molecule has 0 saturated heterocycles. The summed E-state index contributed by atoms with van der Waals surface area (Å²) in [7, 11) is 3.17. The molecule has 2 heterocycles. The Morgan fingerprint density at radius 3 is 2.53 bits per heavy atom. The zero-order chi connectivity index (χ0) is 27.2. The van der Waals surface area contributed by atoms with E-state index in [2.05, 4.69) is 5.32 Å². The average Bonchev–Trinajstić information content (AvgIpc) is 3.34. The zero-order valence-corrected chi connectivity index (χ0v) is 23.1. The Bertz CT molecular complexity index is 1290. The van der Waals surface area contributed by atoms with E-state index in [0.29, 0.717) is 27.9 Å². The second-order valence-electron chi connectivity index (χ2n) is 8.90. The van der Waals surface area contributed by atoms with Gasteiger partial charge in [0, 0.05) is 28.9 Å². The number of nitrogens with zero attached hydrogens (tertiary/aromatic N) is 2. The number of hydrogen-bond donors (Lipinski definition) is 1. The molecule has 4 rings (SSSR count). The summed E-state index contributed by atoms with van der Waals surface area (Å²) in [4.78, 5) is 33.4. The van der Waals surface area contributed by atoms with Crippen molar-refractivity contribution in [1.29, 1.82) is 0 Å². The molecule has 0 unspecified atom stereocenters. The van der Waals surface area contributed by atoms with Crippen molar-refractivity contribution >= 4 is 34.5 Å². The number of rotatable bonds is 10. The zero-order valence-electron chi connectivity index (χ0n) is 22.3. The van der Waals surface area contributed by atoms with Crippen LogP contribution >= 0.6 is 11.8 Å². The lowest BCUT2D eigenvalue weighted by Crippen LogP contribution is -2.39. The third kappa shape index (κ3) is 5.57. The first kappa shape index (κ1) is 27.3. The first-order valence-corrected chi connectivity index (χ1v) is 13.5. The third-order valence-corrected chi connectivity index (χ3v) is 7.34. The van der Waals surface area contributed by atoms with E-state index in [9.17, 15) is 9.59 Å². The minimum absolute atomic E-state index is 0.0591. The Morgan fingerprint density at radius 1 is 1.11 bits per heavy atom. The van der Waals surface area contributed by atoms with Crippen LogP contribution in [0.15, 0.2) is 70.2 Å². The highest BCUT2D eigenvalue weighted by molar-refractivity contribution is 8.16. The van der Waals surface area contributed by atoms with Gasteiger partial charge in [0.25, 0.3) is 0 Å². The summed E-state index contributed by atoms with van der Waals surface area (Å²) in [5.74, 6) is 0.602. The number of hydrogen-bond acceptors (Lipinski definition) is 8. The largest absolute Gasteiger partial charge is 0.497 e.